The van der Waals surface area contributed by atoms with E-state index in [1.54, 1.807) is 24.5 Å². The molecule has 0 aliphatic heterocycles. The van der Waals surface area contributed by atoms with Crippen LogP contribution in [0, 0.1) is 0 Å². The van der Waals surface area contributed by atoms with Crippen LogP contribution in [0.4, 0.5) is 5.13 Å². The SMILES string of the molecule is Nc1nc(-c2cccnc2)c(CCc2cccc(OP(=O)(O)O)c2Cl)s1. The van der Waals surface area contributed by atoms with Crippen LogP contribution in [-0.2, 0) is 17.4 Å². The summed E-state index contributed by atoms with van der Waals surface area (Å²) in [5.74, 6) is -0.0474. The molecule has 3 aromatic rings. The van der Waals surface area contributed by atoms with Crippen LogP contribution in [-0.4, -0.2) is 19.8 Å². The topological polar surface area (TPSA) is 119 Å². The van der Waals surface area contributed by atoms with Crippen molar-refractivity contribution in [3.8, 4) is 17.0 Å². The van der Waals surface area contributed by atoms with Crippen LogP contribution >= 0.6 is 30.8 Å². The van der Waals surface area contributed by atoms with Crippen molar-refractivity contribution in [3.63, 3.8) is 0 Å². The summed E-state index contributed by atoms with van der Waals surface area (Å²) in [6, 6.07) is 8.57. The second-order valence-electron chi connectivity index (χ2n) is 5.38. The van der Waals surface area contributed by atoms with Crippen LogP contribution in [0.1, 0.15) is 10.4 Å². The van der Waals surface area contributed by atoms with Gasteiger partial charge in [-0.1, -0.05) is 23.7 Å². The van der Waals surface area contributed by atoms with Crippen LogP contribution in [0.25, 0.3) is 11.3 Å². The number of halogens is 1. The van der Waals surface area contributed by atoms with Gasteiger partial charge in [-0.2, -0.15) is 0 Å². The summed E-state index contributed by atoms with van der Waals surface area (Å²) in [7, 11) is -4.67. The number of pyridine rings is 1. The van der Waals surface area contributed by atoms with Gasteiger partial charge in [0.2, 0.25) is 0 Å². The highest BCUT2D eigenvalue weighted by molar-refractivity contribution is 7.46. The van der Waals surface area contributed by atoms with Crippen molar-refractivity contribution >= 4 is 35.9 Å². The molecule has 7 nitrogen and oxygen atoms in total. The third-order valence-electron chi connectivity index (χ3n) is 3.53. The van der Waals surface area contributed by atoms with E-state index in [2.05, 4.69) is 14.5 Å². The Kier molecular flexibility index (Phi) is 5.60. The molecule has 0 saturated carbocycles. The Morgan fingerprint density at radius 1 is 1.23 bits per heavy atom. The van der Waals surface area contributed by atoms with E-state index in [0.29, 0.717) is 23.5 Å². The zero-order valence-electron chi connectivity index (χ0n) is 13.4. The Morgan fingerprint density at radius 3 is 2.73 bits per heavy atom. The zero-order chi connectivity index (χ0) is 18.7. The lowest BCUT2D eigenvalue weighted by Crippen LogP contribution is -1.96. The molecule has 0 aliphatic rings. The Morgan fingerprint density at radius 2 is 2.04 bits per heavy atom. The number of phosphoric acid groups is 1. The fourth-order valence-electron chi connectivity index (χ4n) is 2.46. The molecule has 0 radical (unpaired) electrons. The lowest BCUT2D eigenvalue weighted by molar-refractivity contribution is 0.283. The maximum absolute atomic E-state index is 11.0. The molecule has 136 valence electrons. The summed E-state index contributed by atoms with van der Waals surface area (Å²) >= 11 is 7.62. The van der Waals surface area contributed by atoms with Gasteiger partial charge in [-0.05, 0) is 36.6 Å². The first-order valence-corrected chi connectivity index (χ1v) is 10.2. The Labute approximate surface area is 158 Å². The molecule has 10 heteroatoms. The molecule has 0 bridgehead atoms. The number of anilines is 1. The maximum atomic E-state index is 11.0. The van der Waals surface area contributed by atoms with Gasteiger partial charge < -0.3 is 10.3 Å². The van der Waals surface area contributed by atoms with E-state index in [4.69, 9.17) is 27.1 Å². The number of rotatable bonds is 6. The van der Waals surface area contributed by atoms with Crippen LogP contribution < -0.4 is 10.3 Å². The van der Waals surface area contributed by atoms with E-state index < -0.39 is 7.82 Å². The zero-order valence-corrected chi connectivity index (χ0v) is 15.8. The minimum Gasteiger partial charge on any atom is -0.403 e. The number of benzene rings is 1. The summed E-state index contributed by atoms with van der Waals surface area (Å²) in [5, 5.41) is 0.639. The van der Waals surface area contributed by atoms with Gasteiger partial charge in [0.15, 0.2) is 5.13 Å². The number of thiazole rings is 1. The predicted octanol–water partition coefficient (Wildman–Crippen LogP) is 3.70. The normalized spacial score (nSPS) is 11.5. The van der Waals surface area contributed by atoms with E-state index in [-0.39, 0.29) is 10.8 Å². The van der Waals surface area contributed by atoms with E-state index >= 15 is 0 Å². The lowest BCUT2D eigenvalue weighted by atomic mass is 10.1. The monoisotopic (exact) mass is 411 g/mol. The number of aryl methyl sites for hydroxylation is 2. The molecule has 0 spiro atoms. The summed E-state index contributed by atoms with van der Waals surface area (Å²) < 4.78 is 15.7. The predicted molar refractivity (Wildman–Crippen MR) is 101 cm³/mol. The van der Waals surface area contributed by atoms with Crippen molar-refractivity contribution in [3.05, 3.63) is 58.2 Å². The average molecular weight is 412 g/mol. The number of nitrogens with two attached hydrogens (primary N) is 1. The van der Waals surface area contributed by atoms with Crippen LogP contribution in [0.2, 0.25) is 5.02 Å². The first-order valence-electron chi connectivity index (χ1n) is 7.51. The van der Waals surface area contributed by atoms with Gasteiger partial charge in [0.1, 0.15) is 5.75 Å². The molecular weight excluding hydrogens is 397 g/mol. The maximum Gasteiger partial charge on any atom is 0.524 e. The van der Waals surface area contributed by atoms with Crippen LogP contribution in [0.15, 0.2) is 42.7 Å². The third-order valence-corrected chi connectivity index (χ3v) is 5.34. The van der Waals surface area contributed by atoms with Gasteiger partial charge in [-0.15, -0.1) is 11.3 Å². The molecule has 0 aliphatic carbocycles. The largest absolute Gasteiger partial charge is 0.524 e. The van der Waals surface area contributed by atoms with E-state index in [9.17, 15) is 4.57 Å². The fourth-order valence-corrected chi connectivity index (χ4v) is 4.04. The lowest BCUT2D eigenvalue weighted by Gasteiger charge is -2.11. The Balaban J connectivity index is 1.83. The van der Waals surface area contributed by atoms with Gasteiger partial charge >= 0.3 is 7.82 Å². The van der Waals surface area contributed by atoms with Gasteiger partial charge in [-0.3, -0.25) is 14.8 Å². The number of aromatic nitrogens is 2. The number of nitrogen functional groups attached to an aromatic ring is 1. The molecule has 0 amide bonds. The molecule has 0 atom stereocenters. The summed E-state index contributed by atoms with van der Waals surface area (Å²) in [5.41, 5.74) is 8.23. The second-order valence-corrected chi connectivity index (χ2v) is 8.03. The second kappa shape index (κ2) is 7.73. The summed E-state index contributed by atoms with van der Waals surface area (Å²) in [6.07, 6.45) is 4.55. The highest BCUT2D eigenvalue weighted by Gasteiger charge is 2.19. The molecular formula is C16H15ClN3O4PS. The van der Waals surface area contributed by atoms with Gasteiger partial charge in [-0.25, -0.2) is 9.55 Å². The van der Waals surface area contributed by atoms with Crippen molar-refractivity contribution in [2.75, 3.05) is 5.73 Å². The van der Waals surface area contributed by atoms with Gasteiger partial charge in [0, 0.05) is 22.8 Å². The molecule has 0 unspecified atom stereocenters. The van der Waals surface area contributed by atoms with Gasteiger partial charge in [0.25, 0.3) is 0 Å². The summed E-state index contributed by atoms with van der Waals surface area (Å²) in [6.45, 7) is 0. The van der Waals surface area contributed by atoms with Crippen molar-refractivity contribution in [1.29, 1.82) is 0 Å². The molecule has 2 heterocycles. The van der Waals surface area contributed by atoms with E-state index in [0.717, 1.165) is 16.1 Å². The van der Waals surface area contributed by atoms with Crippen molar-refractivity contribution in [2.45, 2.75) is 12.8 Å². The first kappa shape index (κ1) is 18.8. The van der Waals surface area contributed by atoms with Crippen LogP contribution in [0.5, 0.6) is 5.75 Å². The summed E-state index contributed by atoms with van der Waals surface area (Å²) in [4.78, 5) is 27.4. The molecule has 2 aromatic heterocycles. The van der Waals surface area contributed by atoms with E-state index in [1.807, 2.05) is 12.1 Å². The number of nitrogens with zero attached hydrogens (tertiary/aromatic N) is 2. The minimum absolute atomic E-state index is 0.0474. The molecule has 0 saturated heterocycles. The fraction of sp³-hybridized carbons (Fsp3) is 0.125. The Bertz CT molecular complexity index is 961. The van der Waals surface area contributed by atoms with Crippen molar-refractivity contribution < 1.29 is 18.9 Å². The number of hydrogen-bond acceptors (Lipinski definition) is 6. The van der Waals surface area contributed by atoms with Crippen LogP contribution in [0.3, 0.4) is 0 Å². The van der Waals surface area contributed by atoms with E-state index in [1.165, 1.54) is 17.4 Å². The van der Waals surface area contributed by atoms with Crippen molar-refractivity contribution in [1.82, 2.24) is 9.97 Å². The number of phosphoric ester groups is 1. The molecule has 1 aromatic carbocycles. The highest BCUT2D eigenvalue weighted by Crippen LogP contribution is 2.42. The quantitative estimate of drug-likeness (QED) is 0.529. The average Bonchev–Trinajstić information content (AvgIpc) is 2.96. The van der Waals surface area contributed by atoms with Gasteiger partial charge in [0.05, 0.1) is 10.7 Å². The van der Waals surface area contributed by atoms with Crippen molar-refractivity contribution in [2.24, 2.45) is 0 Å². The molecule has 26 heavy (non-hydrogen) atoms. The third kappa shape index (κ3) is 4.60. The highest BCUT2D eigenvalue weighted by atomic mass is 35.5. The first-order chi connectivity index (χ1) is 12.3. The smallest absolute Gasteiger partial charge is 0.403 e. The molecule has 3 rings (SSSR count). The molecule has 0 fully saturated rings. The Hall–Kier alpha value is -1.96. The standard InChI is InChI=1S/C16H15ClN3O4PS/c17-14-10(3-1-5-12(14)24-25(21,22)23)6-7-13-15(20-16(18)26-13)11-4-2-8-19-9-11/h1-5,8-9H,6-7H2,(H2,18,20)(H2,21,22,23). The molecule has 4 N–H and O–H groups in total. The minimum atomic E-state index is -4.67. The number of hydrogen-bond donors (Lipinski definition) is 3.